The highest BCUT2D eigenvalue weighted by Gasteiger charge is 2.01. The summed E-state index contributed by atoms with van der Waals surface area (Å²) in [6.07, 6.45) is 0. The molecule has 2 rings (SSSR count). The van der Waals surface area contributed by atoms with Gasteiger partial charge in [-0.1, -0.05) is 30.0 Å². The van der Waals surface area contributed by atoms with Crippen LogP contribution in [0.4, 0.5) is 5.82 Å². The monoisotopic (exact) mass is 261 g/mol. The second kappa shape index (κ2) is 6.26. The van der Waals surface area contributed by atoms with Crippen molar-refractivity contribution < 1.29 is 4.74 Å². The Morgan fingerprint density at radius 3 is 2.72 bits per heavy atom. The first-order chi connectivity index (χ1) is 8.74. The van der Waals surface area contributed by atoms with Crippen LogP contribution in [0.2, 0.25) is 0 Å². The fraction of sp³-hybridized carbons (Fsp3) is 0.231. The van der Waals surface area contributed by atoms with Gasteiger partial charge in [0.05, 0.1) is 6.61 Å². The standard InChI is InChI=1S/C13H15N3OS/c1-10-9-12(14)16-13(15-10)18-8-7-17-11-5-3-2-4-6-11/h2-6,9H,7-8H2,1H3,(H2,14,15,16). The van der Waals surface area contributed by atoms with E-state index in [4.69, 9.17) is 10.5 Å². The molecule has 18 heavy (non-hydrogen) atoms. The Labute approximate surface area is 111 Å². The van der Waals surface area contributed by atoms with E-state index in [9.17, 15) is 0 Å². The number of rotatable bonds is 5. The van der Waals surface area contributed by atoms with Gasteiger partial charge in [0, 0.05) is 17.5 Å². The van der Waals surface area contributed by atoms with Crippen molar-refractivity contribution in [2.24, 2.45) is 0 Å². The molecule has 0 fully saturated rings. The molecule has 0 amide bonds. The summed E-state index contributed by atoms with van der Waals surface area (Å²) >= 11 is 1.54. The van der Waals surface area contributed by atoms with E-state index in [1.165, 1.54) is 0 Å². The normalized spacial score (nSPS) is 10.3. The molecule has 0 aliphatic heterocycles. The second-order valence-electron chi connectivity index (χ2n) is 3.73. The zero-order valence-electron chi connectivity index (χ0n) is 10.2. The molecule has 0 atom stereocenters. The van der Waals surface area contributed by atoms with Crippen LogP contribution in [-0.4, -0.2) is 22.3 Å². The predicted molar refractivity (Wildman–Crippen MR) is 73.8 cm³/mol. The summed E-state index contributed by atoms with van der Waals surface area (Å²) in [5.74, 6) is 2.18. The summed E-state index contributed by atoms with van der Waals surface area (Å²) in [7, 11) is 0. The fourth-order valence-corrected chi connectivity index (χ4v) is 2.17. The molecule has 94 valence electrons. The first-order valence-electron chi connectivity index (χ1n) is 5.66. The number of nitrogen functional groups attached to an aromatic ring is 1. The second-order valence-corrected chi connectivity index (χ2v) is 4.79. The van der Waals surface area contributed by atoms with E-state index in [1.807, 2.05) is 37.3 Å². The van der Waals surface area contributed by atoms with Gasteiger partial charge in [0.1, 0.15) is 11.6 Å². The highest BCUT2D eigenvalue weighted by molar-refractivity contribution is 7.99. The largest absolute Gasteiger partial charge is 0.493 e. The number of nitrogens with zero attached hydrogens (tertiary/aromatic N) is 2. The summed E-state index contributed by atoms with van der Waals surface area (Å²) < 4.78 is 5.58. The van der Waals surface area contributed by atoms with E-state index in [2.05, 4.69) is 9.97 Å². The maximum Gasteiger partial charge on any atom is 0.189 e. The molecule has 2 N–H and O–H groups in total. The van der Waals surface area contributed by atoms with Gasteiger partial charge in [0.2, 0.25) is 0 Å². The zero-order valence-corrected chi connectivity index (χ0v) is 11.0. The lowest BCUT2D eigenvalue weighted by molar-refractivity contribution is 0.344. The summed E-state index contributed by atoms with van der Waals surface area (Å²) in [5.41, 5.74) is 6.54. The van der Waals surface area contributed by atoms with Crippen LogP contribution in [-0.2, 0) is 0 Å². The van der Waals surface area contributed by atoms with Gasteiger partial charge < -0.3 is 10.5 Å². The number of anilines is 1. The SMILES string of the molecule is Cc1cc(N)nc(SCCOc2ccccc2)n1. The summed E-state index contributed by atoms with van der Waals surface area (Å²) in [4.78, 5) is 8.45. The van der Waals surface area contributed by atoms with E-state index < -0.39 is 0 Å². The third-order valence-corrected chi connectivity index (χ3v) is 2.99. The zero-order chi connectivity index (χ0) is 12.8. The lowest BCUT2D eigenvalue weighted by Gasteiger charge is -2.05. The third kappa shape index (κ3) is 3.92. The molecule has 0 aliphatic rings. The molecule has 0 saturated carbocycles. The highest BCUT2D eigenvalue weighted by atomic mass is 32.2. The first-order valence-corrected chi connectivity index (χ1v) is 6.64. The number of aryl methyl sites for hydroxylation is 1. The fourth-order valence-electron chi connectivity index (χ4n) is 1.44. The van der Waals surface area contributed by atoms with Crippen molar-refractivity contribution in [2.45, 2.75) is 12.1 Å². The summed E-state index contributed by atoms with van der Waals surface area (Å²) in [6.45, 7) is 2.52. The number of aromatic nitrogens is 2. The van der Waals surface area contributed by atoms with Crippen LogP contribution in [0.5, 0.6) is 5.75 Å². The topological polar surface area (TPSA) is 61.0 Å². The number of para-hydroxylation sites is 1. The van der Waals surface area contributed by atoms with Crippen LogP contribution in [0.25, 0.3) is 0 Å². The molecule has 4 nitrogen and oxygen atoms in total. The van der Waals surface area contributed by atoms with Crippen molar-refractivity contribution in [2.75, 3.05) is 18.1 Å². The molecule has 5 heteroatoms. The number of hydrogen-bond donors (Lipinski definition) is 1. The Hall–Kier alpha value is -1.75. The van der Waals surface area contributed by atoms with Gasteiger partial charge in [-0.15, -0.1) is 0 Å². The molecular weight excluding hydrogens is 246 g/mol. The minimum absolute atomic E-state index is 0.508. The Morgan fingerprint density at radius 1 is 1.22 bits per heavy atom. The minimum atomic E-state index is 0.508. The van der Waals surface area contributed by atoms with Crippen LogP contribution < -0.4 is 10.5 Å². The van der Waals surface area contributed by atoms with E-state index in [-0.39, 0.29) is 0 Å². The van der Waals surface area contributed by atoms with Crippen molar-refractivity contribution in [1.82, 2.24) is 9.97 Å². The quantitative estimate of drug-likeness (QED) is 0.509. The highest BCUT2D eigenvalue weighted by Crippen LogP contribution is 2.15. The molecule has 0 unspecified atom stereocenters. The number of nitrogens with two attached hydrogens (primary N) is 1. The van der Waals surface area contributed by atoms with Crippen LogP contribution >= 0.6 is 11.8 Å². The van der Waals surface area contributed by atoms with Crippen molar-refractivity contribution in [3.05, 3.63) is 42.1 Å². The lowest BCUT2D eigenvalue weighted by atomic mass is 10.3. The van der Waals surface area contributed by atoms with Gasteiger partial charge in [0.15, 0.2) is 5.16 Å². The van der Waals surface area contributed by atoms with Gasteiger partial charge in [-0.25, -0.2) is 9.97 Å². The summed E-state index contributed by atoms with van der Waals surface area (Å²) in [5, 5.41) is 0.698. The maximum absolute atomic E-state index is 5.66. The van der Waals surface area contributed by atoms with E-state index in [0.717, 1.165) is 17.2 Å². The summed E-state index contributed by atoms with van der Waals surface area (Å²) in [6, 6.07) is 11.5. The van der Waals surface area contributed by atoms with Crippen LogP contribution in [0, 0.1) is 6.92 Å². The molecule has 1 aromatic heterocycles. The Kier molecular flexibility index (Phi) is 4.41. The molecule has 1 aromatic carbocycles. The van der Waals surface area contributed by atoms with Gasteiger partial charge in [-0.3, -0.25) is 0 Å². The van der Waals surface area contributed by atoms with Crippen molar-refractivity contribution in [1.29, 1.82) is 0 Å². The van der Waals surface area contributed by atoms with Crippen LogP contribution in [0.1, 0.15) is 5.69 Å². The molecule has 0 aliphatic carbocycles. The van der Waals surface area contributed by atoms with Crippen molar-refractivity contribution >= 4 is 17.6 Å². The number of thioether (sulfide) groups is 1. The van der Waals surface area contributed by atoms with Crippen molar-refractivity contribution in [3.63, 3.8) is 0 Å². The average molecular weight is 261 g/mol. The maximum atomic E-state index is 5.66. The number of benzene rings is 1. The van der Waals surface area contributed by atoms with E-state index in [1.54, 1.807) is 17.8 Å². The van der Waals surface area contributed by atoms with Crippen LogP contribution in [0.3, 0.4) is 0 Å². The molecule has 0 bridgehead atoms. The minimum Gasteiger partial charge on any atom is -0.493 e. The predicted octanol–water partition coefficient (Wildman–Crippen LogP) is 2.54. The molecule has 0 spiro atoms. The van der Waals surface area contributed by atoms with Gasteiger partial charge in [-0.2, -0.15) is 0 Å². The Balaban J connectivity index is 1.78. The van der Waals surface area contributed by atoms with Gasteiger partial charge in [-0.05, 0) is 19.1 Å². The van der Waals surface area contributed by atoms with E-state index in [0.29, 0.717) is 17.6 Å². The first kappa shape index (κ1) is 12.7. The van der Waals surface area contributed by atoms with E-state index >= 15 is 0 Å². The molecular formula is C13H15N3OS. The van der Waals surface area contributed by atoms with Gasteiger partial charge in [0.25, 0.3) is 0 Å². The van der Waals surface area contributed by atoms with Crippen LogP contribution in [0.15, 0.2) is 41.6 Å². The lowest BCUT2D eigenvalue weighted by Crippen LogP contribution is -2.02. The number of ether oxygens (including phenoxy) is 1. The molecule has 0 saturated heterocycles. The van der Waals surface area contributed by atoms with Gasteiger partial charge >= 0.3 is 0 Å². The molecule has 0 radical (unpaired) electrons. The Bertz CT molecular complexity index is 485. The number of hydrogen-bond acceptors (Lipinski definition) is 5. The average Bonchev–Trinajstić information content (AvgIpc) is 2.35. The molecule has 2 aromatic rings. The van der Waals surface area contributed by atoms with Crippen molar-refractivity contribution in [3.8, 4) is 5.75 Å². The third-order valence-electron chi connectivity index (χ3n) is 2.18. The molecule has 1 heterocycles. The Morgan fingerprint density at radius 2 is 2.00 bits per heavy atom. The smallest absolute Gasteiger partial charge is 0.189 e.